The zero-order valence-corrected chi connectivity index (χ0v) is 18.7. The van der Waals surface area contributed by atoms with Gasteiger partial charge in [-0.15, -0.1) is 24.2 Å². The lowest BCUT2D eigenvalue weighted by molar-refractivity contribution is 0.0939. The second-order valence-electron chi connectivity index (χ2n) is 7.03. The van der Waals surface area contributed by atoms with Gasteiger partial charge in [0.2, 0.25) is 0 Å². The van der Waals surface area contributed by atoms with Gasteiger partial charge in [-0.2, -0.15) is 0 Å². The molecule has 0 aliphatic carbocycles. The van der Waals surface area contributed by atoms with Crippen LogP contribution in [0.4, 0.5) is 4.79 Å². The van der Waals surface area contributed by atoms with Crippen LogP contribution in [0.3, 0.4) is 0 Å². The van der Waals surface area contributed by atoms with Crippen molar-refractivity contribution in [2.45, 2.75) is 23.8 Å². The average molecular weight is 463 g/mol. The zero-order valence-electron chi connectivity index (χ0n) is 17.0. The molecule has 1 aliphatic heterocycles. The molecule has 3 amide bonds. The number of nitrogens with two attached hydrogens (primary N) is 1. The standard InChI is InChI=1S/C22H24N3O4S.ClH/c1-30-17-8-9-19(26)18(13-17)20(27)14-4-6-15(7-5-14)21(28)24-16-3-2-11-25(12-10-16)22(23)29;/h4-10,13,16,26H,2-3,11-12H2,1H3,(H2,23,29)(H,24,28);1H/t16-;/m0./s1. The average Bonchev–Trinajstić information content (AvgIpc) is 2.99. The molecule has 0 unspecified atom stereocenters. The largest absolute Gasteiger partial charge is 0.507 e. The van der Waals surface area contributed by atoms with Gasteiger partial charge in [0.25, 0.3) is 5.91 Å². The molecule has 1 atom stereocenters. The summed E-state index contributed by atoms with van der Waals surface area (Å²) < 4.78 is 0. The number of primary amides is 1. The van der Waals surface area contributed by atoms with Gasteiger partial charge in [0.1, 0.15) is 5.75 Å². The maximum Gasteiger partial charge on any atom is 0.314 e. The van der Waals surface area contributed by atoms with Crippen LogP contribution in [-0.4, -0.2) is 53.1 Å². The van der Waals surface area contributed by atoms with Crippen LogP contribution < -0.4 is 11.1 Å². The molecule has 0 saturated carbocycles. The number of thioether (sulfide) groups is 1. The summed E-state index contributed by atoms with van der Waals surface area (Å²) in [5.74, 6) is -0.637. The summed E-state index contributed by atoms with van der Waals surface area (Å²) in [5, 5.41) is 13.0. The third-order valence-corrected chi connectivity index (χ3v) is 5.76. The fourth-order valence-electron chi connectivity index (χ4n) is 3.30. The summed E-state index contributed by atoms with van der Waals surface area (Å²) in [5.41, 5.74) is 6.36. The van der Waals surface area contributed by atoms with Crippen LogP contribution >= 0.6 is 24.2 Å². The van der Waals surface area contributed by atoms with Crippen LogP contribution in [0.1, 0.15) is 39.1 Å². The predicted molar refractivity (Wildman–Crippen MR) is 123 cm³/mol. The summed E-state index contributed by atoms with van der Waals surface area (Å²) >= 11 is 1.48. The van der Waals surface area contributed by atoms with Gasteiger partial charge in [-0.05, 0) is 49.4 Å². The van der Waals surface area contributed by atoms with Gasteiger partial charge in [0.05, 0.1) is 5.56 Å². The van der Waals surface area contributed by atoms with Crippen LogP contribution in [0.25, 0.3) is 0 Å². The first kappa shape index (κ1) is 24.6. The normalized spacial score (nSPS) is 16.0. The molecule has 1 fully saturated rings. The number of halogens is 1. The van der Waals surface area contributed by atoms with E-state index in [1.807, 2.05) is 12.7 Å². The Bertz CT molecular complexity index is 952. The van der Waals surface area contributed by atoms with Crippen molar-refractivity contribution in [1.29, 1.82) is 0 Å². The maximum absolute atomic E-state index is 12.7. The topological polar surface area (TPSA) is 113 Å². The summed E-state index contributed by atoms with van der Waals surface area (Å²) in [6.07, 6.45) is 5.23. The lowest BCUT2D eigenvalue weighted by Crippen LogP contribution is -2.39. The molecule has 0 bridgehead atoms. The molecule has 3 rings (SSSR count). The first-order chi connectivity index (χ1) is 14.4. The van der Waals surface area contributed by atoms with Crippen molar-refractivity contribution < 1.29 is 19.5 Å². The number of urea groups is 1. The van der Waals surface area contributed by atoms with E-state index in [4.69, 9.17) is 5.73 Å². The molecule has 31 heavy (non-hydrogen) atoms. The van der Waals surface area contributed by atoms with Crippen molar-refractivity contribution in [3.8, 4) is 5.75 Å². The minimum Gasteiger partial charge on any atom is -0.507 e. The molecule has 2 aromatic rings. The predicted octanol–water partition coefficient (Wildman–Crippen LogP) is 3.24. The number of likely N-dealkylation sites (tertiary alicyclic amines) is 1. The molecule has 7 nitrogen and oxygen atoms in total. The smallest absolute Gasteiger partial charge is 0.314 e. The first-order valence-corrected chi connectivity index (χ1v) is 10.8. The van der Waals surface area contributed by atoms with E-state index in [1.165, 1.54) is 22.7 Å². The summed E-state index contributed by atoms with van der Waals surface area (Å²) in [6, 6.07) is 10.6. The van der Waals surface area contributed by atoms with Crippen LogP contribution in [0, 0.1) is 6.42 Å². The second-order valence-corrected chi connectivity index (χ2v) is 7.91. The van der Waals surface area contributed by atoms with E-state index < -0.39 is 6.03 Å². The maximum atomic E-state index is 12.7. The number of phenols is 1. The highest BCUT2D eigenvalue weighted by molar-refractivity contribution is 7.98. The molecule has 0 aromatic heterocycles. The van der Waals surface area contributed by atoms with Crippen molar-refractivity contribution in [1.82, 2.24) is 10.2 Å². The quantitative estimate of drug-likeness (QED) is 0.466. The van der Waals surface area contributed by atoms with E-state index >= 15 is 0 Å². The van der Waals surface area contributed by atoms with E-state index in [0.29, 0.717) is 24.2 Å². The molecule has 2 aromatic carbocycles. The fraction of sp³-hybridized carbons (Fsp3) is 0.273. The Labute approximate surface area is 191 Å². The molecule has 165 valence electrons. The highest BCUT2D eigenvalue weighted by atomic mass is 35.5. The number of carbonyl (C=O) groups excluding carboxylic acids is 3. The second kappa shape index (κ2) is 11.1. The Kier molecular flexibility index (Phi) is 8.76. The Morgan fingerprint density at radius 2 is 1.81 bits per heavy atom. The Balaban J connectivity index is 0.00000341. The monoisotopic (exact) mass is 462 g/mol. The van der Waals surface area contributed by atoms with Crippen LogP contribution in [0.15, 0.2) is 47.4 Å². The molecular weight excluding hydrogens is 438 g/mol. The highest BCUT2D eigenvalue weighted by Gasteiger charge is 2.21. The Morgan fingerprint density at radius 3 is 2.45 bits per heavy atom. The van der Waals surface area contributed by atoms with E-state index in [2.05, 4.69) is 5.32 Å². The number of ketones is 1. The van der Waals surface area contributed by atoms with Crippen molar-refractivity contribution in [2.24, 2.45) is 5.73 Å². The third-order valence-electron chi connectivity index (χ3n) is 5.04. The number of phenolic OH excluding ortho intramolecular Hbond substituents is 1. The molecule has 1 radical (unpaired) electrons. The Hall–Kier alpha value is -2.71. The number of amides is 3. The van der Waals surface area contributed by atoms with Gasteiger partial charge in [0.15, 0.2) is 5.78 Å². The van der Waals surface area contributed by atoms with Crippen molar-refractivity contribution >= 4 is 41.9 Å². The van der Waals surface area contributed by atoms with Gasteiger partial charge >= 0.3 is 6.03 Å². The molecule has 1 heterocycles. The molecule has 4 N–H and O–H groups in total. The molecular formula is C22H25ClN3O4S. The molecule has 1 saturated heterocycles. The zero-order chi connectivity index (χ0) is 21.7. The number of rotatable bonds is 5. The van der Waals surface area contributed by atoms with E-state index in [0.717, 1.165) is 17.7 Å². The van der Waals surface area contributed by atoms with Crippen molar-refractivity contribution in [2.75, 3.05) is 19.3 Å². The first-order valence-electron chi connectivity index (χ1n) is 9.59. The number of carbonyl (C=O) groups is 3. The number of hydrogen-bond acceptors (Lipinski definition) is 5. The fourth-order valence-corrected chi connectivity index (χ4v) is 3.74. The molecule has 1 aliphatic rings. The van der Waals surface area contributed by atoms with Crippen LogP contribution in [0.2, 0.25) is 0 Å². The number of nitrogens with zero attached hydrogens (tertiary/aromatic N) is 1. The highest BCUT2D eigenvalue weighted by Crippen LogP contribution is 2.26. The number of nitrogens with one attached hydrogen (secondary N) is 1. The van der Waals surface area contributed by atoms with Gasteiger partial charge in [-0.1, -0.05) is 12.1 Å². The summed E-state index contributed by atoms with van der Waals surface area (Å²) in [6.45, 7) is 0.964. The summed E-state index contributed by atoms with van der Waals surface area (Å²) in [7, 11) is 0. The van der Waals surface area contributed by atoms with Crippen molar-refractivity contribution in [3.05, 3.63) is 65.6 Å². The number of aromatic hydroxyl groups is 1. The molecule has 0 spiro atoms. The van der Waals surface area contributed by atoms with Gasteiger partial charge in [-0.3, -0.25) is 9.59 Å². The number of hydrogen-bond donors (Lipinski definition) is 3. The van der Waals surface area contributed by atoms with Crippen LogP contribution in [0.5, 0.6) is 5.75 Å². The SMILES string of the molecule is CSc1ccc(O)c(C(=O)c2ccc(C(=O)N[C@@H]3[CH]CN(C(N)=O)CCC3)cc2)c1.Cl. The van der Waals surface area contributed by atoms with E-state index in [-0.39, 0.29) is 41.5 Å². The van der Waals surface area contributed by atoms with Crippen LogP contribution in [-0.2, 0) is 0 Å². The lowest BCUT2D eigenvalue weighted by atomic mass is 10.0. The number of benzene rings is 2. The third kappa shape index (κ3) is 6.15. The van der Waals surface area contributed by atoms with Gasteiger partial charge in [0, 0.05) is 41.6 Å². The Morgan fingerprint density at radius 1 is 1.13 bits per heavy atom. The summed E-state index contributed by atoms with van der Waals surface area (Å²) in [4.78, 5) is 39.0. The minimum atomic E-state index is -0.465. The molecule has 9 heteroatoms. The van der Waals surface area contributed by atoms with Gasteiger partial charge < -0.3 is 21.1 Å². The van der Waals surface area contributed by atoms with Gasteiger partial charge in [-0.25, -0.2) is 4.79 Å². The van der Waals surface area contributed by atoms with E-state index in [9.17, 15) is 19.5 Å². The van der Waals surface area contributed by atoms with Crippen molar-refractivity contribution in [3.63, 3.8) is 0 Å². The van der Waals surface area contributed by atoms with E-state index in [1.54, 1.807) is 36.4 Å². The minimum absolute atomic E-state index is 0. The lowest BCUT2D eigenvalue weighted by Gasteiger charge is -2.18.